The third-order valence-corrected chi connectivity index (χ3v) is 3.51. The van der Waals surface area contributed by atoms with E-state index in [4.69, 9.17) is 0 Å². The van der Waals surface area contributed by atoms with Crippen LogP contribution >= 0.6 is 0 Å². The third kappa shape index (κ3) is 2.59. The topological polar surface area (TPSA) is 98.7 Å². The quantitative estimate of drug-likeness (QED) is 0.606. The zero-order valence-electron chi connectivity index (χ0n) is 12.3. The van der Waals surface area contributed by atoms with Crippen LogP contribution in [-0.4, -0.2) is 40.0 Å². The van der Waals surface area contributed by atoms with E-state index >= 15 is 0 Å². The number of nitrogens with zero attached hydrogens (tertiary/aromatic N) is 8. The van der Waals surface area contributed by atoms with Gasteiger partial charge in [0.25, 0.3) is 0 Å². The van der Waals surface area contributed by atoms with Crippen molar-refractivity contribution in [3.05, 3.63) is 54.6 Å². The van der Waals surface area contributed by atoms with Crippen LogP contribution in [-0.2, 0) is 0 Å². The summed E-state index contributed by atoms with van der Waals surface area (Å²) >= 11 is 0. The predicted octanol–water partition coefficient (Wildman–Crippen LogP) is 1.27. The molecule has 114 valence electrons. The average molecular weight is 307 g/mol. The fourth-order valence-corrected chi connectivity index (χ4v) is 2.29. The smallest absolute Gasteiger partial charge is 0.200 e. The van der Waals surface area contributed by atoms with Gasteiger partial charge in [0.2, 0.25) is 0 Å². The van der Waals surface area contributed by atoms with Gasteiger partial charge in [-0.2, -0.15) is 5.10 Å². The van der Waals surface area contributed by atoms with Gasteiger partial charge in [0, 0.05) is 0 Å². The van der Waals surface area contributed by atoms with Gasteiger partial charge >= 0.3 is 0 Å². The Balaban J connectivity index is 1.53. The zero-order chi connectivity index (χ0) is 15.6. The van der Waals surface area contributed by atoms with Gasteiger partial charge in [-0.25, -0.2) is 9.67 Å². The maximum Gasteiger partial charge on any atom is 0.200 e. The number of anilines is 1. The van der Waals surface area contributed by atoms with Crippen molar-refractivity contribution in [2.45, 2.75) is 13.0 Å². The van der Waals surface area contributed by atoms with Crippen LogP contribution in [0, 0.1) is 0 Å². The third-order valence-electron chi connectivity index (χ3n) is 3.51. The number of rotatable bonds is 4. The highest BCUT2D eigenvalue weighted by Gasteiger charge is 2.08. The van der Waals surface area contributed by atoms with Crippen molar-refractivity contribution in [3.8, 4) is 5.69 Å². The molecule has 1 N–H and O–H groups in total. The number of hydrogen-bond donors (Lipinski definition) is 1. The summed E-state index contributed by atoms with van der Waals surface area (Å²) in [6.07, 6.45) is 3.18. The van der Waals surface area contributed by atoms with Crippen molar-refractivity contribution < 1.29 is 0 Å². The van der Waals surface area contributed by atoms with Gasteiger partial charge in [0.15, 0.2) is 5.65 Å². The summed E-state index contributed by atoms with van der Waals surface area (Å²) in [6, 6.07) is 11.8. The van der Waals surface area contributed by atoms with Crippen LogP contribution < -0.4 is 5.32 Å². The molecule has 23 heavy (non-hydrogen) atoms. The first-order chi connectivity index (χ1) is 11.3. The molecule has 0 aliphatic carbocycles. The van der Waals surface area contributed by atoms with E-state index in [0.29, 0.717) is 11.5 Å². The lowest BCUT2D eigenvalue weighted by Gasteiger charge is -2.15. The largest absolute Gasteiger partial charge is 0.362 e. The molecule has 9 nitrogen and oxygen atoms in total. The van der Waals surface area contributed by atoms with Crippen LogP contribution in [0.2, 0.25) is 0 Å². The Bertz CT molecular complexity index is 911. The minimum Gasteiger partial charge on any atom is -0.362 e. The molecule has 3 heterocycles. The van der Waals surface area contributed by atoms with E-state index in [0.717, 1.165) is 11.3 Å². The van der Waals surface area contributed by atoms with Crippen LogP contribution in [0.4, 0.5) is 5.82 Å². The molecule has 0 aliphatic heterocycles. The van der Waals surface area contributed by atoms with E-state index in [1.54, 1.807) is 11.0 Å². The highest BCUT2D eigenvalue weighted by Crippen LogP contribution is 2.19. The molecular weight excluding hydrogens is 294 g/mol. The molecular formula is C14H13N9. The highest BCUT2D eigenvalue weighted by molar-refractivity contribution is 5.44. The first-order valence-electron chi connectivity index (χ1n) is 7.06. The van der Waals surface area contributed by atoms with Gasteiger partial charge in [0.05, 0.1) is 11.7 Å². The van der Waals surface area contributed by atoms with Crippen LogP contribution in [0.5, 0.6) is 0 Å². The van der Waals surface area contributed by atoms with Crippen molar-refractivity contribution in [2.24, 2.45) is 0 Å². The number of aromatic nitrogens is 8. The van der Waals surface area contributed by atoms with Gasteiger partial charge in [0.1, 0.15) is 18.5 Å². The Morgan fingerprint density at radius 3 is 2.74 bits per heavy atom. The SMILES string of the molecule is C[C@H](Nc1ccc2nnnn2n1)c1ccc(-n2cncn2)cc1. The highest BCUT2D eigenvalue weighted by atomic mass is 15.6. The van der Waals surface area contributed by atoms with Crippen molar-refractivity contribution >= 4 is 11.5 Å². The number of nitrogens with one attached hydrogen (secondary N) is 1. The first-order valence-corrected chi connectivity index (χ1v) is 7.06. The molecule has 1 aromatic carbocycles. The minimum absolute atomic E-state index is 0.0845. The Morgan fingerprint density at radius 1 is 1.09 bits per heavy atom. The summed E-state index contributed by atoms with van der Waals surface area (Å²) in [5.74, 6) is 0.706. The van der Waals surface area contributed by atoms with Gasteiger partial charge in [-0.15, -0.1) is 14.8 Å². The van der Waals surface area contributed by atoms with Crippen LogP contribution in [0.25, 0.3) is 11.3 Å². The lowest BCUT2D eigenvalue weighted by molar-refractivity contribution is 0.728. The Morgan fingerprint density at radius 2 is 1.96 bits per heavy atom. The van der Waals surface area contributed by atoms with E-state index in [-0.39, 0.29) is 6.04 Å². The molecule has 4 rings (SSSR count). The molecule has 0 radical (unpaired) electrons. The first kappa shape index (κ1) is 13.3. The Labute approximate surface area is 131 Å². The molecule has 1 atom stereocenters. The second-order valence-corrected chi connectivity index (χ2v) is 5.04. The molecule has 4 aromatic rings. The van der Waals surface area contributed by atoms with E-state index in [1.807, 2.05) is 36.4 Å². The molecule has 3 aromatic heterocycles. The summed E-state index contributed by atoms with van der Waals surface area (Å²) in [5.41, 5.74) is 2.71. The van der Waals surface area contributed by atoms with E-state index in [1.165, 1.54) is 11.0 Å². The molecule has 0 fully saturated rings. The van der Waals surface area contributed by atoms with Gasteiger partial charge in [-0.3, -0.25) is 0 Å². The molecule has 0 saturated heterocycles. The summed E-state index contributed by atoms with van der Waals surface area (Å²) in [5, 5.41) is 22.9. The van der Waals surface area contributed by atoms with Crippen molar-refractivity contribution in [1.82, 2.24) is 40.0 Å². The molecule has 0 spiro atoms. The lowest BCUT2D eigenvalue weighted by Crippen LogP contribution is -2.10. The summed E-state index contributed by atoms with van der Waals surface area (Å²) in [6.45, 7) is 2.07. The molecule has 0 amide bonds. The van der Waals surface area contributed by atoms with Crippen molar-refractivity contribution in [3.63, 3.8) is 0 Å². The number of hydrogen-bond acceptors (Lipinski definition) is 7. The Kier molecular flexibility index (Phi) is 3.15. The van der Waals surface area contributed by atoms with E-state index in [2.05, 4.69) is 42.9 Å². The summed E-state index contributed by atoms with van der Waals surface area (Å²) in [7, 11) is 0. The van der Waals surface area contributed by atoms with Gasteiger partial charge in [-0.05, 0) is 47.2 Å². The predicted molar refractivity (Wildman–Crippen MR) is 82.0 cm³/mol. The van der Waals surface area contributed by atoms with E-state index in [9.17, 15) is 0 Å². The Hall–Kier alpha value is -3.36. The molecule has 0 unspecified atom stereocenters. The van der Waals surface area contributed by atoms with Crippen LogP contribution in [0.15, 0.2) is 49.1 Å². The molecule has 0 bridgehead atoms. The van der Waals surface area contributed by atoms with Crippen LogP contribution in [0.3, 0.4) is 0 Å². The zero-order valence-corrected chi connectivity index (χ0v) is 12.3. The molecule has 0 saturated carbocycles. The normalized spacial score (nSPS) is 12.4. The van der Waals surface area contributed by atoms with Crippen molar-refractivity contribution in [2.75, 3.05) is 5.32 Å². The van der Waals surface area contributed by atoms with Crippen molar-refractivity contribution in [1.29, 1.82) is 0 Å². The lowest BCUT2D eigenvalue weighted by atomic mass is 10.1. The van der Waals surface area contributed by atoms with Crippen LogP contribution in [0.1, 0.15) is 18.5 Å². The fraction of sp³-hybridized carbons (Fsp3) is 0.143. The fourth-order valence-electron chi connectivity index (χ4n) is 2.29. The number of fused-ring (bicyclic) bond motifs is 1. The number of tetrazole rings is 1. The molecule has 9 heteroatoms. The maximum atomic E-state index is 4.31. The monoisotopic (exact) mass is 307 g/mol. The summed E-state index contributed by atoms with van der Waals surface area (Å²) < 4.78 is 3.11. The van der Waals surface area contributed by atoms with Gasteiger partial charge < -0.3 is 5.32 Å². The average Bonchev–Trinajstić information content (AvgIpc) is 3.26. The number of benzene rings is 1. The van der Waals surface area contributed by atoms with Gasteiger partial charge in [-0.1, -0.05) is 12.1 Å². The second-order valence-electron chi connectivity index (χ2n) is 5.04. The second kappa shape index (κ2) is 5.44. The molecule has 0 aliphatic rings. The van der Waals surface area contributed by atoms with E-state index < -0.39 is 0 Å². The standard InChI is InChI=1S/C14H13N9/c1-10(17-13-6-7-14-18-20-21-23(14)19-13)11-2-4-12(5-3-11)22-9-15-8-16-22/h2-10H,1H3,(H,17,19)/t10-/m0/s1. The summed E-state index contributed by atoms with van der Waals surface area (Å²) in [4.78, 5) is 3.95. The maximum absolute atomic E-state index is 4.31. The minimum atomic E-state index is 0.0845.